The van der Waals surface area contributed by atoms with Crippen LogP contribution in [0.3, 0.4) is 0 Å². The molecule has 0 radical (unpaired) electrons. The molecule has 0 bridgehead atoms. The van der Waals surface area contributed by atoms with Gasteiger partial charge < -0.3 is 9.84 Å². The van der Waals surface area contributed by atoms with Crippen LogP contribution >= 0.6 is 0 Å². The van der Waals surface area contributed by atoms with E-state index in [2.05, 4.69) is 46.8 Å². The van der Waals surface area contributed by atoms with Gasteiger partial charge in [0.2, 0.25) is 0 Å². The smallest absolute Gasteiger partial charge is 0.306 e. The van der Waals surface area contributed by atoms with Crippen molar-refractivity contribution in [3.05, 3.63) is 28.8 Å². The van der Waals surface area contributed by atoms with Crippen LogP contribution in [-0.2, 0) is 10.2 Å². The number of aryl methyl sites for hydroxylation is 1. The molecule has 0 heterocycles. The molecule has 1 aliphatic rings. The zero-order valence-electron chi connectivity index (χ0n) is 15.3. The summed E-state index contributed by atoms with van der Waals surface area (Å²) in [4.78, 5) is 11.1. The number of ether oxygens (including phenoxy) is 1. The maximum atomic E-state index is 11.1. The molecule has 0 aromatic heterocycles. The molecule has 1 aromatic rings. The summed E-state index contributed by atoms with van der Waals surface area (Å²) in [6, 6.07) is 4.43. The average molecular weight is 318 g/mol. The quantitative estimate of drug-likeness (QED) is 0.811. The summed E-state index contributed by atoms with van der Waals surface area (Å²) in [5.74, 6) is 0.847. The van der Waals surface area contributed by atoms with Crippen LogP contribution < -0.4 is 4.74 Å². The van der Waals surface area contributed by atoms with E-state index in [1.54, 1.807) is 0 Å². The normalized spacial score (nSPS) is 21.8. The van der Waals surface area contributed by atoms with Crippen molar-refractivity contribution in [3.8, 4) is 5.75 Å². The standard InChI is InChI=1S/C20H30O3/c1-7-23-18-15(8-12(2)9-17(18)20(4,5)6)13(3)10-14-11-16(14)19(21)22/h8-9,13-14,16H,7,10-11H2,1-6H3,(H,21,22). The lowest BCUT2D eigenvalue weighted by molar-refractivity contribution is -0.138. The molecular weight excluding hydrogens is 288 g/mol. The van der Waals surface area contributed by atoms with E-state index in [9.17, 15) is 4.79 Å². The van der Waals surface area contributed by atoms with E-state index >= 15 is 0 Å². The van der Waals surface area contributed by atoms with Crippen LogP contribution in [0.5, 0.6) is 5.75 Å². The van der Waals surface area contributed by atoms with E-state index in [0.717, 1.165) is 18.6 Å². The second-order valence-corrected chi connectivity index (χ2v) is 7.99. The van der Waals surface area contributed by atoms with Crippen LogP contribution in [0, 0.1) is 18.8 Å². The number of hydrogen-bond acceptors (Lipinski definition) is 2. The van der Waals surface area contributed by atoms with Crippen LogP contribution in [0.4, 0.5) is 0 Å². The fourth-order valence-electron chi connectivity index (χ4n) is 3.42. The Morgan fingerprint density at radius 1 is 1.39 bits per heavy atom. The molecule has 3 heteroatoms. The van der Waals surface area contributed by atoms with Crippen molar-refractivity contribution in [1.82, 2.24) is 0 Å². The average Bonchev–Trinajstić information content (AvgIpc) is 3.18. The number of aliphatic carboxylic acids is 1. The van der Waals surface area contributed by atoms with Crippen molar-refractivity contribution < 1.29 is 14.6 Å². The van der Waals surface area contributed by atoms with E-state index in [1.165, 1.54) is 16.7 Å². The zero-order valence-corrected chi connectivity index (χ0v) is 15.3. The lowest BCUT2D eigenvalue weighted by Crippen LogP contribution is -2.16. The fraction of sp³-hybridized carbons (Fsp3) is 0.650. The van der Waals surface area contributed by atoms with Crippen molar-refractivity contribution in [1.29, 1.82) is 0 Å². The fourth-order valence-corrected chi connectivity index (χ4v) is 3.42. The van der Waals surface area contributed by atoms with Crippen molar-refractivity contribution in [2.45, 2.75) is 65.7 Å². The molecule has 1 saturated carbocycles. The number of carbonyl (C=O) groups is 1. The highest BCUT2D eigenvalue weighted by Gasteiger charge is 2.43. The maximum absolute atomic E-state index is 11.1. The van der Waals surface area contributed by atoms with Gasteiger partial charge in [0.15, 0.2) is 0 Å². The molecule has 1 fully saturated rings. The van der Waals surface area contributed by atoms with E-state index in [1.807, 2.05) is 6.92 Å². The molecule has 0 saturated heterocycles. The van der Waals surface area contributed by atoms with Crippen LogP contribution in [0.25, 0.3) is 0 Å². The molecule has 3 nitrogen and oxygen atoms in total. The Labute approximate surface area is 140 Å². The molecule has 1 aliphatic carbocycles. The van der Waals surface area contributed by atoms with Gasteiger partial charge in [-0.15, -0.1) is 0 Å². The van der Waals surface area contributed by atoms with Gasteiger partial charge in [0.25, 0.3) is 0 Å². The van der Waals surface area contributed by atoms with Crippen molar-refractivity contribution in [2.75, 3.05) is 6.61 Å². The predicted octanol–water partition coefficient (Wildman–Crippen LogP) is 4.91. The van der Waals surface area contributed by atoms with Gasteiger partial charge in [-0.25, -0.2) is 0 Å². The monoisotopic (exact) mass is 318 g/mol. The van der Waals surface area contributed by atoms with E-state index in [4.69, 9.17) is 9.84 Å². The third-order valence-electron chi connectivity index (χ3n) is 4.79. The minimum Gasteiger partial charge on any atom is -0.493 e. The van der Waals surface area contributed by atoms with Crippen LogP contribution in [0.2, 0.25) is 0 Å². The third-order valence-corrected chi connectivity index (χ3v) is 4.79. The largest absolute Gasteiger partial charge is 0.493 e. The molecule has 3 atom stereocenters. The van der Waals surface area contributed by atoms with Crippen LogP contribution in [0.1, 0.15) is 70.1 Å². The molecule has 0 aliphatic heterocycles. The second kappa shape index (κ2) is 6.54. The van der Waals surface area contributed by atoms with Gasteiger partial charge in [-0.05, 0) is 49.5 Å². The number of rotatable bonds is 6. The molecule has 2 rings (SSSR count). The number of carboxylic acid groups (broad SMARTS) is 1. The molecular formula is C20H30O3. The minimum absolute atomic E-state index is 0.0220. The maximum Gasteiger partial charge on any atom is 0.306 e. The molecule has 128 valence electrons. The van der Waals surface area contributed by atoms with Crippen LogP contribution in [-0.4, -0.2) is 17.7 Å². The first-order valence-corrected chi connectivity index (χ1v) is 8.65. The summed E-state index contributed by atoms with van der Waals surface area (Å²) in [7, 11) is 0. The molecule has 3 unspecified atom stereocenters. The van der Waals surface area contributed by atoms with Gasteiger partial charge in [-0.1, -0.05) is 45.4 Å². The Bertz CT molecular complexity index is 583. The van der Waals surface area contributed by atoms with Gasteiger partial charge in [-0.2, -0.15) is 0 Å². The number of carboxylic acids is 1. The van der Waals surface area contributed by atoms with Gasteiger partial charge in [-0.3, -0.25) is 4.79 Å². The van der Waals surface area contributed by atoms with Crippen LogP contribution in [0.15, 0.2) is 12.1 Å². The minimum atomic E-state index is -0.646. The highest BCUT2D eigenvalue weighted by atomic mass is 16.5. The van der Waals surface area contributed by atoms with E-state index < -0.39 is 5.97 Å². The number of benzene rings is 1. The first kappa shape index (κ1) is 17.8. The molecule has 0 amide bonds. The van der Waals surface area contributed by atoms with Gasteiger partial charge >= 0.3 is 5.97 Å². The summed E-state index contributed by atoms with van der Waals surface area (Å²) in [6.07, 6.45) is 1.74. The molecule has 1 N–H and O–H groups in total. The highest BCUT2D eigenvalue weighted by Crippen LogP contribution is 2.47. The van der Waals surface area contributed by atoms with Crippen molar-refractivity contribution in [3.63, 3.8) is 0 Å². The van der Waals surface area contributed by atoms with E-state index in [0.29, 0.717) is 18.4 Å². The topological polar surface area (TPSA) is 46.5 Å². The first-order chi connectivity index (χ1) is 10.6. The molecule has 0 spiro atoms. The Morgan fingerprint density at radius 2 is 2.04 bits per heavy atom. The van der Waals surface area contributed by atoms with Gasteiger partial charge in [0, 0.05) is 5.56 Å². The summed E-state index contributed by atoms with van der Waals surface area (Å²) < 4.78 is 6.03. The molecule has 23 heavy (non-hydrogen) atoms. The van der Waals surface area contributed by atoms with Gasteiger partial charge in [0.05, 0.1) is 12.5 Å². The lowest BCUT2D eigenvalue weighted by Gasteiger charge is -2.27. The summed E-state index contributed by atoms with van der Waals surface area (Å²) >= 11 is 0. The highest BCUT2D eigenvalue weighted by molar-refractivity contribution is 5.73. The van der Waals surface area contributed by atoms with E-state index in [-0.39, 0.29) is 11.3 Å². The van der Waals surface area contributed by atoms with Crippen molar-refractivity contribution in [2.24, 2.45) is 11.8 Å². The molecule has 1 aromatic carbocycles. The first-order valence-electron chi connectivity index (χ1n) is 8.65. The lowest BCUT2D eigenvalue weighted by atomic mass is 9.81. The summed E-state index contributed by atoms with van der Waals surface area (Å²) in [5, 5.41) is 9.12. The number of hydrogen-bond donors (Lipinski definition) is 1. The third kappa shape index (κ3) is 4.07. The summed E-state index contributed by atoms with van der Waals surface area (Å²) in [5.41, 5.74) is 3.74. The van der Waals surface area contributed by atoms with Gasteiger partial charge in [0.1, 0.15) is 5.75 Å². The second-order valence-electron chi connectivity index (χ2n) is 7.99. The Balaban J connectivity index is 2.33. The Kier molecular flexibility index (Phi) is 5.07. The summed E-state index contributed by atoms with van der Waals surface area (Å²) in [6.45, 7) is 13.6. The Morgan fingerprint density at radius 3 is 2.52 bits per heavy atom. The van der Waals surface area contributed by atoms with Crippen molar-refractivity contribution >= 4 is 5.97 Å². The SMILES string of the molecule is CCOc1c(C(C)CC2CC2C(=O)O)cc(C)cc1C(C)(C)C. The Hall–Kier alpha value is -1.51. The predicted molar refractivity (Wildman–Crippen MR) is 93.3 cm³/mol. The zero-order chi connectivity index (χ0) is 17.4.